The van der Waals surface area contributed by atoms with Crippen molar-refractivity contribution in [2.24, 2.45) is 0 Å². The van der Waals surface area contributed by atoms with Gasteiger partial charge < -0.3 is 28.5 Å². The van der Waals surface area contributed by atoms with Gasteiger partial charge >= 0.3 is 30.9 Å². The molecular weight excluding hydrogens is 167 g/mol. The average Bonchev–Trinajstić information content (AvgIpc) is 1.72. The molecule has 0 bridgehead atoms. The van der Waals surface area contributed by atoms with Gasteiger partial charge in [0.25, 0.3) is 0 Å². The normalized spacial score (nSPS) is 7.10. The van der Waals surface area contributed by atoms with Gasteiger partial charge in [0.05, 0.1) is 0 Å². The maximum atomic E-state index is 8.88. The monoisotopic (exact) mass is 180 g/mol. The van der Waals surface area contributed by atoms with E-state index in [1.54, 1.807) is 13.8 Å². The second-order valence-corrected chi connectivity index (χ2v) is 1.54. The van der Waals surface area contributed by atoms with E-state index in [1.165, 1.54) is 0 Å². The predicted molar refractivity (Wildman–Crippen MR) is 42.1 cm³/mol. The molecule has 10 heavy (non-hydrogen) atoms. The Morgan fingerprint density at radius 2 is 1.00 bits per heavy atom. The van der Waals surface area contributed by atoms with Crippen molar-refractivity contribution in [3.8, 4) is 0 Å². The van der Waals surface area contributed by atoms with Crippen LogP contribution in [0.4, 0.5) is 0 Å². The standard InChI is InChI=1S/2C2H5.Mg.H3O4P/c2*1-2;;1-5(2,3)4/h2*1H2,2H3;;(H3,1,2,3,4)/q2*-1;+2;. The van der Waals surface area contributed by atoms with Crippen molar-refractivity contribution >= 4 is 30.9 Å². The molecule has 60 valence electrons. The minimum atomic E-state index is -4.64. The van der Waals surface area contributed by atoms with E-state index >= 15 is 0 Å². The Kier molecular flexibility index (Phi) is 36.9. The molecule has 0 rings (SSSR count). The van der Waals surface area contributed by atoms with Crippen LogP contribution in [0.3, 0.4) is 0 Å². The molecule has 0 fully saturated rings. The van der Waals surface area contributed by atoms with Gasteiger partial charge in [-0.15, -0.1) is 0 Å². The topological polar surface area (TPSA) is 77.8 Å². The quantitative estimate of drug-likeness (QED) is 0.286. The van der Waals surface area contributed by atoms with E-state index in [0.29, 0.717) is 0 Å². The van der Waals surface area contributed by atoms with Gasteiger partial charge in [-0.1, -0.05) is 0 Å². The molecule has 0 amide bonds. The van der Waals surface area contributed by atoms with E-state index in [9.17, 15) is 0 Å². The van der Waals surface area contributed by atoms with Crippen molar-refractivity contribution in [2.45, 2.75) is 13.8 Å². The van der Waals surface area contributed by atoms with Crippen LogP contribution in [0.15, 0.2) is 0 Å². The van der Waals surface area contributed by atoms with Crippen LogP contribution in [0.2, 0.25) is 0 Å². The predicted octanol–water partition coefficient (Wildman–Crippen LogP) is 0.371. The summed E-state index contributed by atoms with van der Waals surface area (Å²) in [5.41, 5.74) is 0. The molecule has 0 aromatic carbocycles. The molecule has 0 heterocycles. The van der Waals surface area contributed by atoms with Gasteiger partial charge in [0.15, 0.2) is 0 Å². The van der Waals surface area contributed by atoms with Gasteiger partial charge in [0, 0.05) is 0 Å². The van der Waals surface area contributed by atoms with E-state index in [2.05, 4.69) is 13.8 Å². The van der Waals surface area contributed by atoms with Crippen LogP contribution in [0, 0.1) is 13.8 Å². The first kappa shape index (κ1) is 22.4. The third kappa shape index (κ3) is 717. The van der Waals surface area contributed by atoms with Gasteiger partial charge in [-0.05, 0) is 0 Å². The first-order valence-corrected chi connectivity index (χ1v) is 3.76. The summed E-state index contributed by atoms with van der Waals surface area (Å²) in [6, 6.07) is 0. The SMILES string of the molecule is O=P(O)(O)O.[CH2-]C.[CH2-]C.[Mg+2]. The summed E-state index contributed by atoms with van der Waals surface area (Å²) in [4.78, 5) is 21.6. The fourth-order valence-electron chi connectivity index (χ4n) is 0. The molecule has 0 radical (unpaired) electrons. The molecule has 0 saturated carbocycles. The Labute approximate surface area is 78.0 Å². The van der Waals surface area contributed by atoms with Gasteiger partial charge in [-0.25, -0.2) is 4.57 Å². The van der Waals surface area contributed by atoms with Crippen LogP contribution < -0.4 is 0 Å². The molecule has 6 heteroatoms. The van der Waals surface area contributed by atoms with E-state index in [-0.39, 0.29) is 23.1 Å². The first-order chi connectivity index (χ1) is 4.00. The first-order valence-electron chi connectivity index (χ1n) is 2.20. The number of rotatable bonds is 0. The zero-order valence-corrected chi connectivity index (χ0v) is 8.63. The second kappa shape index (κ2) is 16.5. The second-order valence-electron chi connectivity index (χ2n) is 0.513. The van der Waals surface area contributed by atoms with Crippen LogP contribution in [-0.2, 0) is 4.57 Å². The Balaban J connectivity index is -0.0000000315. The van der Waals surface area contributed by atoms with Crippen molar-refractivity contribution < 1.29 is 19.2 Å². The van der Waals surface area contributed by atoms with Gasteiger partial charge in [-0.3, -0.25) is 0 Å². The average molecular weight is 180 g/mol. The summed E-state index contributed by atoms with van der Waals surface area (Å²) in [5, 5.41) is 0. The van der Waals surface area contributed by atoms with Crippen LogP contribution in [-0.4, -0.2) is 37.7 Å². The van der Waals surface area contributed by atoms with Crippen molar-refractivity contribution in [1.29, 1.82) is 0 Å². The Hall–Kier alpha value is 0.876. The van der Waals surface area contributed by atoms with E-state index < -0.39 is 7.82 Å². The van der Waals surface area contributed by atoms with Gasteiger partial charge in [-0.2, -0.15) is 13.8 Å². The Bertz CT molecular complexity index is 63.4. The molecule has 4 nitrogen and oxygen atoms in total. The molecule has 0 atom stereocenters. The van der Waals surface area contributed by atoms with E-state index in [4.69, 9.17) is 19.2 Å². The summed E-state index contributed by atoms with van der Waals surface area (Å²) in [6.45, 7) is 10.0. The number of hydrogen-bond donors (Lipinski definition) is 3. The zero-order chi connectivity index (χ0) is 8.50. The maximum Gasteiger partial charge on any atom is 2.00 e. The fourth-order valence-corrected chi connectivity index (χ4v) is 0. The molecule has 0 spiro atoms. The maximum absolute atomic E-state index is 8.88. The molecule has 0 aliphatic rings. The molecular formula is C4H13MgO4P. The smallest absolute Gasteiger partial charge is 0.346 e. The molecule has 0 unspecified atom stereocenters. The largest absolute Gasteiger partial charge is 2.00 e. The van der Waals surface area contributed by atoms with Crippen LogP contribution in [0.25, 0.3) is 0 Å². The summed E-state index contributed by atoms with van der Waals surface area (Å²) in [7, 11) is -4.64. The number of hydrogen-bond acceptors (Lipinski definition) is 1. The third-order valence-electron chi connectivity index (χ3n) is 0. The minimum Gasteiger partial charge on any atom is -0.346 e. The van der Waals surface area contributed by atoms with Crippen LogP contribution >= 0.6 is 7.82 Å². The minimum absolute atomic E-state index is 0. The van der Waals surface area contributed by atoms with Crippen LogP contribution in [0.1, 0.15) is 13.8 Å². The molecule has 0 saturated heterocycles. The van der Waals surface area contributed by atoms with Crippen molar-refractivity contribution in [1.82, 2.24) is 0 Å². The number of phosphoric acid groups is 1. The van der Waals surface area contributed by atoms with Crippen molar-refractivity contribution in [3.63, 3.8) is 0 Å². The zero-order valence-electron chi connectivity index (χ0n) is 6.32. The van der Waals surface area contributed by atoms with E-state index in [0.717, 1.165) is 0 Å². The van der Waals surface area contributed by atoms with Gasteiger partial charge in [0.1, 0.15) is 0 Å². The molecule has 0 aromatic heterocycles. The summed E-state index contributed by atoms with van der Waals surface area (Å²) in [6.07, 6.45) is 0. The van der Waals surface area contributed by atoms with Crippen molar-refractivity contribution in [3.05, 3.63) is 13.8 Å². The molecule has 3 N–H and O–H groups in total. The van der Waals surface area contributed by atoms with Crippen LogP contribution in [0.5, 0.6) is 0 Å². The summed E-state index contributed by atoms with van der Waals surface area (Å²) < 4.78 is 8.88. The summed E-state index contributed by atoms with van der Waals surface area (Å²) in [5.74, 6) is 0. The molecule has 0 aromatic rings. The van der Waals surface area contributed by atoms with Crippen molar-refractivity contribution in [2.75, 3.05) is 0 Å². The molecule has 0 aliphatic carbocycles. The summed E-state index contributed by atoms with van der Waals surface area (Å²) >= 11 is 0. The fraction of sp³-hybridized carbons (Fsp3) is 0.500. The van der Waals surface area contributed by atoms with E-state index in [1.807, 2.05) is 0 Å². The third-order valence-corrected chi connectivity index (χ3v) is 0. The Morgan fingerprint density at radius 1 is 1.00 bits per heavy atom. The van der Waals surface area contributed by atoms with Gasteiger partial charge in [0.2, 0.25) is 0 Å². The molecule has 0 aliphatic heterocycles. The Morgan fingerprint density at radius 3 is 1.00 bits per heavy atom.